The zero-order chi connectivity index (χ0) is 20.9. The van der Waals surface area contributed by atoms with Gasteiger partial charge in [-0.15, -0.1) is 0 Å². The maximum Gasteiger partial charge on any atom is 0.304 e. The molecule has 0 N–H and O–H groups in total. The molecule has 3 aliphatic rings. The van der Waals surface area contributed by atoms with Gasteiger partial charge in [0.1, 0.15) is 23.0 Å². The normalized spacial score (nSPS) is 23.9. The van der Waals surface area contributed by atoms with Crippen molar-refractivity contribution in [3.63, 3.8) is 0 Å². The molecule has 1 atom stereocenters. The molecule has 1 spiro atoms. The second-order valence-electron chi connectivity index (χ2n) is 8.50. The van der Waals surface area contributed by atoms with Gasteiger partial charge in [-0.2, -0.15) is 0 Å². The average Bonchev–Trinajstić information content (AvgIpc) is 3.39. The molecule has 1 fully saturated rings. The van der Waals surface area contributed by atoms with E-state index >= 15 is 0 Å². The fourth-order valence-electron chi connectivity index (χ4n) is 4.91. The Balaban J connectivity index is 1.56. The van der Waals surface area contributed by atoms with Gasteiger partial charge in [-0.1, -0.05) is 48.5 Å². The van der Waals surface area contributed by atoms with Crippen LogP contribution in [0.25, 0.3) is 0 Å². The van der Waals surface area contributed by atoms with Gasteiger partial charge in [-0.25, -0.2) is 0 Å². The number of hydrogen-bond acceptors (Lipinski definition) is 4. The molecule has 4 nitrogen and oxygen atoms in total. The molecule has 1 unspecified atom stereocenters. The van der Waals surface area contributed by atoms with Crippen molar-refractivity contribution in [1.29, 1.82) is 0 Å². The Hall–Kier alpha value is -2.88. The van der Waals surface area contributed by atoms with Crippen molar-refractivity contribution in [1.82, 2.24) is 0 Å². The molecule has 0 aromatic heterocycles. The molecule has 4 heteroatoms. The molecular weight excluding hydrogens is 376 g/mol. The summed E-state index contributed by atoms with van der Waals surface area (Å²) in [4.78, 5) is 0. The fourth-order valence-corrected chi connectivity index (χ4v) is 4.91. The van der Waals surface area contributed by atoms with Gasteiger partial charge in [-0.05, 0) is 52.2 Å². The highest BCUT2D eigenvalue weighted by atomic mass is 16.7. The molecule has 0 bridgehead atoms. The summed E-state index contributed by atoms with van der Waals surface area (Å²) in [6.07, 6.45) is 3.00. The largest absolute Gasteiger partial charge is 0.453 e. The first-order valence-corrected chi connectivity index (χ1v) is 10.7. The molecule has 156 valence electrons. The van der Waals surface area contributed by atoms with E-state index in [-0.39, 0.29) is 5.92 Å². The molecule has 2 aromatic carbocycles. The minimum atomic E-state index is -0.974. The number of rotatable bonds is 3. The summed E-state index contributed by atoms with van der Waals surface area (Å²) in [5, 5.41) is 0. The van der Waals surface area contributed by atoms with Crippen molar-refractivity contribution in [2.45, 2.75) is 64.4 Å². The lowest BCUT2D eigenvalue weighted by molar-refractivity contribution is -0.159. The zero-order valence-electron chi connectivity index (χ0n) is 18.0. The summed E-state index contributed by atoms with van der Waals surface area (Å²) in [5.41, 5.74) is 3.14. The van der Waals surface area contributed by atoms with Crippen LogP contribution in [0.3, 0.4) is 0 Å². The average molecular weight is 405 g/mol. The van der Waals surface area contributed by atoms with Crippen molar-refractivity contribution >= 4 is 0 Å². The summed E-state index contributed by atoms with van der Waals surface area (Å²) < 4.78 is 25.3. The van der Waals surface area contributed by atoms with E-state index in [1.54, 1.807) is 0 Å². The Morgan fingerprint density at radius 3 is 1.97 bits per heavy atom. The minimum absolute atomic E-state index is 0.161. The SMILES string of the molecule is CC1=C(C)OC(c2ccccc2)(c2cccc(C3CCCC34OC(C)=C(C)O4)c2)O1. The van der Waals surface area contributed by atoms with Crippen molar-refractivity contribution in [2.75, 3.05) is 0 Å². The van der Waals surface area contributed by atoms with Crippen LogP contribution in [-0.4, -0.2) is 5.79 Å². The van der Waals surface area contributed by atoms with Crippen molar-refractivity contribution in [3.05, 3.63) is 94.3 Å². The second kappa shape index (κ2) is 6.83. The van der Waals surface area contributed by atoms with Crippen LogP contribution in [0, 0.1) is 0 Å². The van der Waals surface area contributed by atoms with Crippen LogP contribution in [0.5, 0.6) is 0 Å². The minimum Gasteiger partial charge on any atom is -0.453 e. The van der Waals surface area contributed by atoms with Gasteiger partial charge in [-0.3, -0.25) is 0 Å². The highest BCUT2D eigenvalue weighted by Crippen LogP contribution is 2.52. The highest BCUT2D eigenvalue weighted by molar-refractivity contribution is 5.40. The molecule has 1 saturated carbocycles. The summed E-state index contributed by atoms with van der Waals surface area (Å²) in [6, 6.07) is 18.7. The van der Waals surface area contributed by atoms with Gasteiger partial charge < -0.3 is 18.9 Å². The molecule has 2 aromatic rings. The molecule has 30 heavy (non-hydrogen) atoms. The first-order valence-electron chi connectivity index (χ1n) is 10.7. The van der Waals surface area contributed by atoms with E-state index in [0.29, 0.717) is 0 Å². The van der Waals surface area contributed by atoms with E-state index < -0.39 is 11.6 Å². The standard InChI is InChI=1S/C26H28O4/c1-17-18(2)28-25(27-17)15-9-14-24(25)21-10-8-13-23(16-21)26(22-11-6-5-7-12-22)29-19(3)20(4)30-26/h5-8,10-13,16,24H,9,14-15H2,1-4H3. The molecule has 2 heterocycles. The Labute approximate surface area is 178 Å². The van der Waals surface area contributed by atoms with Crippen LogP contribution in [0.4, 0.5) is 0 Å². The molecule has 1 aliphatic carbocycles. The molecule has 2 aliphatic heterocycles. The van der Waals surface area contributed by atoms with Gasteiger partial charge >= 0.3 is 5.79 Å². The Kier molecular flexibility index (Phi) is 4.35. The molecule has 0 radical (unpaired) electrons. The smallest absolute Gasteiger partial charge is 0.304 e. The van der Waals surface area contributed by atoms with Crippen LogP contribution >= 0.6 is 0 Å². The Morgan fingerprint density at radius 2 is 1.30 bits per heavy atom. The molecule has 0 amide bonds. The first-order chi connectivity index (χ1) is 14.4. The maximum atomic E-state index is 6.39. The van der Waals surface area contributed by atoms with Gasteiger partial charge in [0.15, 0.2) is 0 Å². The van der Waals surface area contributed by atoms with E-state index in [2.05, 4.69) is 36.4 Å². The van der Waals surface area contributed by atoms with E-state index in [1.165, 1.54) is 5.56 Å². The van der Waals surface area contributed by atoms with Crippen LogP contribution in [0.1, 0.15) is 69.6 Å². The zero-order valence-corrected chi connectivity index (χ0v) is 18.0. The van der Waals surface area contributed by atoms with Gasteiger partial charge in [0.25, 0.3) is 5.79 Å². The lowest BCUT2D eigenvalue weighted by Gasteiger charge is -2.33. The quantitative estimate of drug-likeness (QED) is 0.589. The third-order valence-electron chi connectivity index (χ3n) is 6.61. The Morgan fingerprint density at radius 1 is 0.700 bits per heavy atom. The summed E-state index contributed by atoms with van der Waals surface area (Å²) >= 11 is 0. The molecular formula is C26H28O4. The van der Waals surface area contributed by atoms with Crippen molar-refractivity contribution < 1.29 is 18.9 Å². The third kappa shape index (κ3) is 2.81. The third-order valence-corrected chi connectivity index (χ3v) is 6.61. The number of benzene rings is 2. The van der Waals surface area contributed by atoms with Gasteiger partial charge in [0.2, 0.25) is 0 Å². The monoisotopic (exact) mass is 404 g/mol. The lowest BCUT2D eigenvalue weighted by Crippen LogP contribution is -2.34. The van der Waals surface area contributed by atoms with E-state index in [9.17, 15) is 0 Å². The van der Waals surface area contributed by atoms with Crippen LogP contribution in [-0.2, 0) is 24.7 Å². The maximum absolute atomic E-state index is 6.39. The molecule has 5 rings (SSSR count). The van der Waals surface area contributed by atoms with Crippen molar-refractivity contribution in [3.8, 4) is 0 Å². The van der Waals surface area contributed by atoms with E-state index in [1.807, 2.05) is 45.9 Å². The Bertz CT molecular complexity index is 1010. The molecule has 0 saturated heterocycles. The lowest BCUT2D eigenvalue weighted by atomic mass is 9.88. The highest BCUT2D eigenvalue weighted by Gasteiger charge is 2.52. The number of hydrogen-bond donors (Lipinski definition) is 0. The van der Waals surface area contributed by atoms with Crippen LogP contribution in [0.15, 0.2) is 77.6 Å². The predicted octanol–water partition coefficient (Wildman–Crippen LogP) is 6.45. The fraction of sp³-hybridized carbons (Fsp3) is 0.385. The topological polar surface area (TPSA) is 36.9 Å². The van der Waals surface area contributed by atoms with Gasteiger partial charge in [0.05, 0.1) is 5.92 Å². The predicted molar refractivity (Wildman–Crippen MR) is 114 cm³/mol. The van der Waals surface area contributed by atoms with E-state index in [4.69, 9.17) is 18.9 Å². The van der Waals surface area contributed by atoms with Crippen molar-refractivity contribution in [2.24, 2.45) is 0 Å². The van der Waals surface area contributed by atoms with Crippen LogP contribution < -0.4 is 0 Å². The second-order valence-corrected chi connectivity index (χ2v) is 8.50. The number of ether oxygens (including phenoxy) is 4. The number of allylic oxidation sites excluding steroid dienone is 4. The van der Waals surface area contributed by atoms with Gasteiger partial charge in [0, 0.05) is 17.5 Å². The first kappa shape index (κ1) is 19.1. The summed E-state index contributed by atoms with van der Waals surface area (Å²) in [6.45, 7) is 7.87. The van der Waals surface area contributed by atoms with E-state index in [0.717, 1.165) is 53.4 Å². The van der Waals surface area contributed by atoms with Crippen LogP contribution in [0.2, 0.25) is 0 Å². The summed E-state index contributed by atoms with van der Waals surface area (Å²) in [5.74, 6) is 1.98. The summed E-state index contributed by atoms with van der Waals surface area (Å²) in [7, 11) is 0.